The molecule has 0 spiro atoms. The third kappa shape index (κ3) is 57.6. The van der Waals surface area contributed by atoms with Crippen molar-refractivity contribution in [3.05, 3.63) is 67.2 Å². The summed E-state index contributed by atoms with van der Waals surface area (Å²) < 4.78 is 52.2. The first-order valence-electron chi connectivity index (χ1n) is 32.6. The molecular formula is C64H146ClLiO13Si11. The maximum atomic E-state index is 11.4. The smallest absolute Gasteiger partial charge is 0.460 e. The Balaban J connectivity index is -0.000000220. The van der Waals surface area contributed by atoms with Crippen molar-refractivity contribution in [3.63, 3.8) is 0 Å². The third-order valence-corrected chi connectivity index (χ3v) is 54.6. The molecule has 1 heterocycles. The Morgan fingerprint density at radius 2 is 0.911 bits per heavy atom. The Bertz CT molecular complexity index is 1960. The summed E-state index contributed by atoms with van der Waals surface area (Å²) in [6.45, 7) is 81.1. The van der Waals surface area contributed by atoms with Gasteiger partial charge in [-0.25, -0.2) is 9.59 Å². The van der Waals surface area contributed by atoms with Crippen LogP contribution in [0, 0.1) is 7.43 Å². The van der Waals surface area contributed by atoms with Gasteiger partial charge in [-0.2, -0.15) is 11.1 Å². The van der Waals surface area contributed by atoms with Gasteiger partial charge in [0.2, 0.25) is 0 Å². The van der Waals surface area contributed by atoms with Gasteiger partial charge in [-0.05, 0) is 168 Å². The van der Waals surface area contributed by atoms with Gasteiger partial charge in [-0.3, -0.25) is 0 Å². The minimum Gasteiger partial charge on any atom is -0.460 e. The van der Waals surface area contributed by atoms with Crippen LogP contribution in [-0.2, 0) is 49.7 Å². The fraction of sp³-hybridized carbons (Fsp3) is 0.797. The number of halogens is 1. The average Bonchev–Trinajstić information content (AvgIpc) is 1.75. The third-order valence-electron chi connectivity index (χ3n) is 14.6. The first kappa shape index (κ1) is 104. The first-order chi connectivity index (χ1) is 39.4. The van der Waals surface area contributed by atoms with Crippen LogP contribution in [0.5, 0.6) is 0 Å². The number of rotatable bonds is 40. The van der Waals surface area contributed by atoms with Crippen LogP contribution in [0.15, 0.2) is 59.8 Å². The van der Waals surface area contributed by atoms with Gasteiger partial charge in [0.1, 0.15) is 33.5 Å². The van der Waals surface area contributed by atoms with E-state index in [1.807, 2.05) is 0 Å². The molecule has 1 saturated heterocycles. The molecule has 1 aliphatic rings. The molecule has 0 amide bonds. The summed E-state index contributed by atoms with van der Waals surface area (Å²) >= 11 is 5.41. The van der Waals surface area contributed by atoms with Crippen molar-refractivity contribution in [1.82, 2.24) is 0 Å². The summed E-state index contributed by atoms with van der Waals surface area (Å²) in [6.07, 6.45) is 8.21. The average molecular weight is 1480 g/mol. The Labute approximate surface area is 587 Å². The van der Waals surface area contributed by atoms with Crippen molar-refractivity contribution >= 4 is 115 Å². The number of unbranched alkanes of at least 4 members (excludes halogenated alkanes) is 2. The number of esters is 2. The maximum Gasteiger partial charge on any atom is 1.00 e. The molecule has 0 bridgehead atoms. The minimum atomic E-state index is -2.05. The molecule has 13 nitrogen and oxygen atoms in total. The van der Waals surface area contributed by atoms with E-state index in [1.165, 1.54) is 78.0 Å². The number of hydrogen-bond donors (Lipinski definition) is 2. The fourth-order valence-corrected chi connectivity index (χ4v) is 55.6. The molecule has 1 fully saturated rings. The number of ether oxygens (including phenoxy) is 4. The van der Waals surface area contributed by atoms with E-state index in [9.17, 15) is 19.8 Å². The Kier molecular flexibility index (Phi) is 59.7. The van der Waals surface area contributed by atoms with E-state index in [2.05, 4.69) is 191 Å². The Hall–Kier alpha value is 0.553. The van der Waals surface area contributed by atoms with Gasteiger partial charge in [0.05, 0.1) is 36.0 Å². The molecule has 2 atom stereocenters. The molecule has 0 radical (unpaired) electrons. The van der Waals surface area contributed by atoms with Crippen molar-refractivity contribution in [2.75, 3.05) is 52.9 Å². The van der Waals surface area contributed by atoms with Gasteiger partial charge >= 0.3 is 30.8 Å². The molecule has 26 heteroatoms. The van der Waals surface area contributed by atoms with Crippen LogP contribution in [0.3, 0.4) is 0 Å². The maximum absolute atomic E-state index is 11.4. The Morgan fingerprint density at radius 1 is 0.578 bits per heavy atom. The molecule has 90 heavy (non-hydrogen) atoms. The minimum absolute atomic E-state index is 0. The summed E-state index contributed by atoms with van der Waals surface area (Å²) in [5.74, 6) is -1.00. The summed E-state index contributed by atoms with van der Waals surface area (Å²) in [7, 11) is -15.6. The van der Waals surface area contributed by atoms with E-state index in [-0.39, 0.29) is 60.1 Å². The van der Waals surface area contributed by atoms with Crippen LogP contribution in [0.1, 0.15) is 80.1 Å². The first-order valence-corrected chi connectivity index (χ1v) is 67.2. The van der Waals surface area contributed by atoms with E-state index >= 15 is 0 Å². The summed E-state index contributed by atoms with van der Waals surface area (Å²) in [5.41, 5.74) is 0.627. The van der Waals surface area contributed by atoms with Crippen LogP contribution in [-0.4, -0.2) is 179 Å². The molecule has 1 aliphatic heterocycles. The van der Waals surface area contributed by atoms with E-state index in [1.54, 1.807) is 19.9 Å². The monoisotopic (exact) mass is 1470 g/mol. The van der Waals surface area contributed by atoms with Crippen LogP contribution in [0.2, 0.25) is 186 Å². The van der Waals surface area contributed by atoms with Crippen molar-refractivity contribution in [1.29, 1.82) is 0 Å². The molecule has 1 rings (SSSR count). The van der Waals surface area contributed by atoms with Gasteiger partial charge in [0.15, 0.2) is 67.3 Å². The zero-order valence-electron chi connectivity index (χ0n) is 63.2. The molecule has 0 saturated carbocycles. The predicted molar refractivity (Wildman–Crippen MR) is 420 cm³/mol. The molecule has 2 N–H and O–H groups in total. The SMILES string of the molecule is C.C=C(C)C(=O)OCC(O)COCCC[Si](C)(C)O[Si](C)(C)C(=C)[Si](C)(C)CCCO[Si](C)(C)CCCC.C=C([Si](C)(C)CCCO[Si](C)(C)CCCC)[Si](C)(C)O[SiH](C)C.C=CCOCC(O)COC(=O)C(=C)C.C[SiH](C)Cl.C[Si]1(C)CC[Si](C)(C)O1.[CH3-].[Li+]. The second-order valence-corrected chi connectivity index (χ2v) is 77.6. The molecule has 0 aliphatic carbocycles. The summed E-state index contributed by atoms with van der Waals surface area (Å²) in [5, 5.41) is 19.2. The second-order valence-electron chi connectivity index (χ2n) is 29.6. The molecular weight excluding hydrogens is 1330 g/mol. The number of hydrogen-bond acceptors (Lipinski definition) is 13. The van der Waals surface area contributed by atoms with Gasteiger partial charge in [0, 0.05) is 31.0 Å². The molecule has 2 unspecified atom stereocenters. The molecule has 532 valence electrons. The normalized spacial score (nSPS) is 14.5. The van der Waals surface area contributed by atoms with Crippen molar-refractivity contribution < 1.29 is 78.8 Å². The van der Waals surface area contributed by atoms with Crippen molar-refractivity contribution in [2.45, 2.75) is 279 Å². The topological polar surface area (TPSA) is 158 Å². The number of aliphatic hydroxyl groups excluding tert-OH is 2. The van der Waals surface area contributed by atoms with Crippen LogP contribution in [0.25, 0.3) is 0 Å². The summed E-state index contributed by atoms with van der Waals surface area (Å²) in [6, 6.07) is 8.81. The van der Waals surface area contributed by atoms with Crippen molar-refractivity contribution in [3.8, 4) is 0 Å². The largest absolute Gasteiger partial charge is 1.00 e. The van der Waals surface area contributed by atoms with Gasteiger partial charge < -0.3 is 57.8 Å². The number of aliphatic hydroxyl groups is 2. The summed E-state index contributed by atoms with van der Waals surface area (Å²) in [4.78, 5) is 25.2. The van der Waals surface area contributed by atoms with Gasteiger partial charge in [-0.15, -0.1) is 19.7 Å². The zero-order chi connectivity index (χ0) is 68.9. The van der Waals surface area contributed by atoms with Gasteiger partial charge in [-0.1, -0.05) is 127 Å². The molecule has 0 aromatic heterocycles. The number of carbonyl (C=O) groups is 2. The van der Waals surface area contributed by atoms with Crippen LogP contribution >= 0.6 is 11.1 Å². The van der Waals surface area contributed by atoms with E-state index < -0.39 is 116 Å². The zero-order valence-corrected chi connectivity index (χ0v) is 75.3. The number of carbonyl (C=O) groups excluding carboxylic acids is 2. The van der Waals surface area contributed by atoms with E-state index in [4.69, 9.17) is 51.2 Å². The molecule has 0 aromatic carbocycles. The second kappa shape index (κ2) is 51.7. The van der Waals surface area contributed by atoms with E-state index in [0.29, 0.717) is 24.4 Å². The van der Waals surface area contributed by atoms with Crippen LogP contribution in [0.4, 0.5) is 0 Å². The van der Waals surface area contributed by atoms with Crippen molar-refractivity contribution in [2.24, 2.45) is 0 Å². The van der Waals surface area contributed by atoms with E-state index in [0.717, 1.165) is 32.1 Å². The fourth-order valence-electron chi connectivity index (χ4n) is 9.72. The van der Waals surface area contributed by atoms with Crippen LogP contribution < -0.4 is 18.9 Å². The molecule has 0 aromatic rings. The van der Waals surface area contributed by atoms with Gasteiger partial charge in [0.25, 0.3) is 0 Å². The standard InChI is InChI=1S/C27H58O6Si4.C17H42O2Si4.C10H16O4.C6H16OSi2.C2H7ClSi.CH4.CH3.Li/c1-13-14-20-35(7,8)32-18-16-19-34(5,6)25(4)37(11,12)33-36(9,10)21-15-17-30-22-26(28)23-31-27(29)24(2)3;1-11-12-16-22(7,8)18-14-13-15-21(5,6)17(2)23(9,10)19-20(3)4;1-4-5-13-6-9(11)7-14-10(12)8(2)3;1-8(2)5-6-9(3,4)7-8;1-4(2)3;;;/h26,28H,2,4,13-23H2,1,3,5-12H3;20H,2,11-16H2,1,3-10H3;4,9,11H,1-2,5-7H2,3H3;5-6H2,1-4H3;4H,1-2H3;1H4;1H3;/q;;;;;;-1;+1. The Morgan fingerprint density at radius 3 is 1.22 bits per heavy atom. The quantitative estimate of drug-likeness (QED) is 0.0114. The predicted octanol–water partition coefficient (Wildman–Crippen LogP) is 15.4.